The topological polar surface area (TPSA) is 43.7 Å². The minimum Gasteiger partial charge on any atom is -0.388 e. The fourth-order valence-electron chi connectivity index (χ4n) is 6.95. The van der Waals surface area contributed by atoms with Crippen molar-refractivity contribution in [3.8, 4) is 0 Å². The molecule has 1 aliphatic heterocycles. The Hall–Kier alpha value is -1.11. The standard InChI is InChI=1S/C27H40F3NO2/c1-19-5-6-20(18-24(19)32)7-8-21-4-3-12-25(2)22(9-10-23(21)25)11-15-31-16-13-26(33,14-17-31)27(28,29)30/h7-8,22-24,32-33H,1,3-6,9-18H2,2H3/b20-7-,21-8+/t22-,23?,24?,25-/m1/s1. The zero-order valence-corrected chi connectivity index (χ0v) is 20.0. The van der Waals surface area contributed by atoms with Crippen LogP contribution < -0.4 is 0 Å². The number of hydrogen-bond acceptors (Lipinski definition) is 3. The number of halogens is 3. The molecule has 4 aliphatic rings. The number of fused-ring (bicyclic) bond motifs is 1. The van der Waals surface area contributed by atoms with Gasteiger partial charge in [-0.15, -0.1) is 0 Å². The fourth-order valence-corrected chi connectivity index (χ4v) is 6.95. The van der Waals surface area contributed by atoms with E-state index in [0.29, 0.717) is 31.3 Å². The van der Waals surface area contributed by atoms with E-state index < -0.39 is 17.9 Å². The summed E-state index contributed by atoms with van der Waals surface area (Å²) < 4.78 is 39.2. The van der Waals surface area contributed by atoms with E-state index in [-0.39, 0.29) is 18.3 Å². The van der Waals surface area contributed by atoms with Gasteiger partial charge in [-0.05, 0) is 100.0 Å². The minimum absolute atomic E-state index is 0.218. The van der Waals surface area contributed by atoms with Crippen molar-refractivity contribution in [2.24, 2.45) is 17.3 Å². The van der Waals surface area contributed by atoms with Crippen LogP contribution in [0.2, 0.25) is 0 Å². The molecule has 0 aromatic rings. The Labute approximate surface area is 196 Å². The lowest BCUT2D eigenvalue weighted by Gasteiger charge is -2.43. The minimum atomic E-state index is -4.53. The van der Waals surface area contributed by atoms with E-state index >= 15 is 0 Å². The van der Waals surface area contributed by atoms with Crippen molar-refractivity contribution in [1.29, 1.82) is 0 Å². The summed E-state index contributed by atoms with van der Waals surface area (Å²) in [5, 5.41) is 20.0. The highest BCUT2D eigenvalue weighted by molar-refractivity contribution is 5.27. The molecule has 0 aromatic heterocycles. The van der Waals surface area contributed by atoms with E-state index in [1.54, 1.807) is 5.57 Å². The molecule has 3 aliphatic carbocycles. The quantitative estimate of drug-likeness (QED) is 0.503. The molecule has 4 rings (SSSR count). The number of alkyl halides is 3. The van der Waals surface area contributed by atoms with Crippen molar-refractivity contribution < 1.29 is 23.4 Å². The highest BCUT2D eigenvalue weighted by atomic mass is 19.4. The van der Waals surface area contributed by atoms with Crippen LogP contribution in [0.15, 0.2) is 35.5 Å². The van der Waals surface area contributed by atoms with Crippen LogP contribution in [0, 0.1) is 17.3 Å². The second kappa shape index (κ2) is 9.50. The highest BCUT2D eigenvalue weighted by Crippen LogP contribution is 2.58. The van der Waals surface area contributed by atoms with Gasteiger partial charge in [-0.25, -0.2) is 0 Å². The summed E-state index contributed by atoms with van der Waals surface area (Å²) in [5.41, 5.74) is 1.57. The number of rotatable bonds is 4. The first-order valence-corrected chi connectivity index (χ1v) is 12.8. The lowest BCUT2D eigenvalue weighted by Crippen LogP contribution is -2.53. The average Bonchev–Trinajstić information content (AvgIpc) is 3.10. The van der Waals surface area contributed by atoms with Crippen LogP contribution in [0.5, 0.6) is 0 Å². The van der Waals surface area contributed by atoms with Crippen LogP contribution in [-0.4, -0.2) is 52.6 Å². The maximum Gasteiger partial charge on any atom is 0.417 e. The van der Waals surface area contributed by atoms with Gasteiger partial charge in [-0.3, -0.25) is 0 Å². The molecule has 0 spiro atoms. The van der Waals surface area contributed by atoms with E-state index in [2.05, 4.69) is 30.6 Å². The van der Waals surface area contributed by atoms with Gasteiger partial charge in [-0.1, -0.05) is 36.8 Å². The molecule has 3 saturated carbocycles. The van der Waals surface area contributed by atoms with Gasteiger partial charge in [0, 0.05) is 13.1 Å². The SMILES string of the molecule is C=C1CC/C(=C/C=C2\CCC[C@@]3(C)C2CC[C@@H]3CCN2CCC(O)(C(F)(F)F)CC2)CC1O. The molecular weight excluding hydrogens is 427 g/mol. The smallest absolute Gasteiger partial charge is 0.388 e. The molecule has 0 amide bonds. The number of aliphatic hydroxyl groups excluding tert-OH is 1. The van der Waals surface area contributed by atoms with Gasteiger partial charge in [0.05, 0.1) is 6.10 Å². The third-order valence-electron chi connectivity index (χ3n) is 9.39. The van der Waals surface area contributed by atoms with E-state index in [9.17, 15) is 23.4 Å². The zero-order chi connectivity index (χ0) is 23.9. The van der Waals surface area contributed by atoms with Gasteiger partial charge in [0.15, 0.2) is 5.60 Å². The summed E-state index contributed by atoms with van der Waals surface area (Å²) in [6.07, 6.45) is 8.76. The normalized spacial score (nSPS) is 38.1. The summed E-state index contributed by atoms with van der Waals surface area (Å²) in [5.74, 6) is 1.19. The summed E-state index contributed by atoms with van der Waals surface area (Å²) >= 11 is 0. The largest absolute Gasteiger partial charge is 0.417 e. The summed E-state index contributed by atoms with van der Waals surface area (Å²) in [6, 6.07) is 0. The Morgan fingerprint density at radius 3 is 2.48 bits per heavy atom. The number of likely N-dealkylation sites (tertiary alicyclic amines) is 1. The predicted molar refractivity (Wildman–Crippen MR) is 125 cm³/mol. The number of allylic oxidation sites excluding steroid dienone is 3. The molecule has 0 bridgehead atoms. The van der Waals surface area contributed by atoms with Crippen LogP contribution in [0.4, 0.5) is 13.2 Å². The Morgan fingerprint density at radius 1 is 1.09 bits per heavy atom. The van der Waals surface area contributed by atoms with Crippen molar-refractivity contribution in [1.82, 2.24) is 4.90 Å². The van der Waals surface area contributed by atoms with Crippen molar-refractivity contribution >= 4 is 0 Å². The number of hydrogen-bond donors (Lipinski definition) is 2. The molecule has 2 N–H and O–H groups in total. The van der Waals surface area contributed by atoms with Gasteiger partial charge >= 0.3 is 6.18 Å². The van der Waals surface area contributed by atoms with Crippen LogP contribution in [0.3, 0.4) is 0 Å². The van der Waals surface area contributed by atoms with Gasteiger partial charge in [-0.2, -0.15) is 13.2 Å². The first-order valence-electron chi connectivity index (χ1n) is 12.8. The third-order valence-corrected chi connectivity index (χ3v) is 9.39. The summed E-state index contributed by atoms with van der Waals surface area (Å²) in [4.78, 5) is 2.11. The van der Waals surface area contributed by atoms with Crippen molar-refractivity contribution in [2.45, 2.75) is 95.4 Å². The molecule has 0 aromatic carbocycles. The molecule has 0 radical (unpaired) electrons. The van der Waals surface area contributed by atoms with E-state index in [0.717, 1.165) is 37.8 Å². The summed E-state index contributed by atoms with van der Waals surface area (Å²) in [7, 11) is 0. The van der Waals surface area contributed by atoms with Crippen molar-refractivity contribution in [2.75, 3.05) is 19.6 Å². The van der Waals surface area contributed by atoms with Crippen LogP contribution in [0.1, 0.15) is 77.6 Å². The van der Waals surface area contributed by atoms with Crippen molar-refractivity contribution in [3.63, 3.8) is 0 Å². The first-order chi connectivity index (χ1) is 15.5. The van der Waals surface area contributed by atoms with E-state index in [4.69, 9.17) is 0 Å². The molecule has 186 valence electrons. The molecule has 2 unspecified atom stereocenters. The monoisotopic (exact) mass is 467 g/mol. The first kappa shape index (κ1) is 25.0. The van der Waals surface area contributed by atoms with Gasteiger partial charge in [0.2, 0.25) is 0 Å². The molecule has 1 heterocycles. The van der Waals surface area contributed by atoms with Crippen molar-refractivity contribution in [3.05, 3.63) is 35.5 Å². The molecule has 4 atom stereocenters. The molecule has 6 heteroatoms. The maximum absolute atomic E-state index is 13.1. The van der Waals surface area contributed by atoms with Crippen LogP contribution in [-0.2, 0) is 0 Å². The number of nitrogens with zero attached hydrogens (tertiary/aromatic N) is 1. The number of piperidine rings is 1. The van der Waals surface area contributed by atoms with Crippen LogP contribution in [0.25, 0.3) is 0 Å². The molecule has 4 fully saturated rings. The Kier molecular flexibility index (Phi) is 7.20. The van der Waals surface area contributed by atoms with Gasteiger partial charge in [0.1, 0.15) is 0 Å². The molecular formula is C27H40F3NO2. The van der Waals surface area contributed by atoms with Gasteiger partial charge < -0.3 is 15.1 Å². The van der Waals surface area contributed by atoms with E-state index in [1.165, 1.54) is 31.3 Å². The molecule has 1 saturated heterocycles. The highest BCUT2D eigenvalue weighted by Gasteiger charge is 2.54. The molecule has 3 nitrogen and oxygen atoms in total. The Balaban J connectivity index is 1.34. The van der Waals surface area contributed by atoms with E-state index in [1.807, 2.05) is 0 Å². The fraction of sp³-hybridized carbons (Fsp3) is 0.778. The Bertz CT molecular complexity index is 794. The Morgan fingerprint density at radius 2 is 1.82 bits per heavy atom. The molecule has 33 heavy (non-hydrogen) atoms. The van der Waals surface area contributed by atoms with Gasteiger partial charge in [0.25, 0.3) is 0 Å². The predicted octanol–water partition coefficient (Wildman–Crippen LogP) is 5.94. The second-order valence-electron chi connectivity index (χ2n) is 11.3. The number of aliphatic hydroxyl groups is 2. The second-order valence-corrected chi connectivity index (χ2v) is 11.3. The van der Waals surface area contributed by atoms with Crippen LogP contribution >= 0.6 is 0 Å². The third kappa shape index (κ3) is 5.13. The lowest BCUT2D eigenvalue weighted by atomic mass is 9.63. The maximum atomic E-state index is 13.1. The average molecular weight is 468 g/mol. The summed E-state index contributed by atoms with van der Waals surface area (Å²) in [6.45, 7) is 7.85. The zero-order valence-electron chi connectivity index (χ0n) is 20.0. The lowest BCUT2D eigenvalue weighted by molar-refractivity contribution is -0.272.